The average Bonchev–Trinajstić information content (AvgIpc) is 3.16. The predicted molar refractivity (Wildman–Crippen MR) is 93.7 cm³/mol. The molecule has 2 aromatic rings. The zero-order chi connectivity index (χ0) is 15.4. The minimum atomic E-state index is -0.0364. The van der Waals surface area contributed by atoms with Crippen LogP contribution >= 0.6 is 22.7 Å². The molecule has 5 N–H and O–H groups in total. The van der Waals surface area contributed by atoms with Gasteiger partial charge in [-0.15, -0.1) is 16.4 Å². The summed E-state index contributed by atoms with van der Waals surface area (Å²) in [6.07, 6.45) is 5.52. The molecule has 1 aliphatic rings. The number of anilines is 1. The van der Waals surface area contributed by atoms with Gasteiger partial charge < -0.3 is 11.5 Å². The number of aromatic amines is 1. The molecule has 1 fully saturated rings. The normalized spacial score (nSPS) is 15.4. The van der Waals surface area contributed by atoms with E-state index in [4.69, 9.17) is 11.5 Å². The number of guanidine groups is 1. The van der Waals surface area contributed by atoms with Crippen LogP contribution < -0.4 is 21.4 Å². The van der Waals surface area contributed by atoms with Crippen LogP contribution in [-0.2, 0) is 0 Å². The molecule has 1 saturated heterocycles. The smallest absolute Gasteiger partial charge is 0.334 e. The Kier molecular flexibility index (Phi) is 4.69. The van der Waals surface area contributed by atoms with E-state index in [2.05, 4.69) is 31.5 Å². The van der Waals surface area contributed by atoms with Crippen molar-refractivity contribution in [2.45, 2.75) is 19.3 Å². The molecule has 1 aliphatic heterocycles. The minimum Gasteiger partial charge on any atom is -0.369 e. The van der Waals surface area contributed by atoms with Gasteiger partial charge in [-0.2, -0.15) is 5.10 Å². The maximum Gasteiger partial charge on any atom is 0.334 e. The van der Waals surface area contributed by atoms with E-state index in [0.29, 0.717) is 0 Å². The van der Waals surface area contributed by atoms with Gasteiger partial charge in [0.1, 0.15) is 4.88 Å². The highest BCUT2D eigenvalue weighted by Crippen LogP contribution is 2.31. The number of thiazole rings is 1. The Bertz CT molecular complexity index is 664. The fourth-order valence-electron chi connectivity index (χ4n) is 2.43. The standard InChI is InChI=1S/C14H18N6S2/c15-13(16)19-17-9-11-12(10-5-4-8-21-10)18-14(22-11)20-6-2-1-3-7-20/h4-5,8-9H,1-3,6-7H2,(H4,15,16,19)/p+1/b17-9+. The molecular formula is C14H19N6S2+. The number of nitrogens with zero attached hydrogens (tertiary/aromatic N) is 3. The van der Waals surface area contributed by atoms with Crippen molar-refractivity contribution in [3.05, 3.63) is 22.4 Å². The number of piperidine rings is 1. The molecule has 0 amide bonds. The molecule has 22 heavy (non-hydrogen) atoms. The van der Waals surface area contributed by atoms with Crippen LogP contribution in [0.2, 0.25) is 0 Å². The lowest BCUT2D eigenvalue weighted by Gasteiger charge is -2.18. The summed E-state index contributed by atoms with van der Waals surface area (Å²) in [5.41, 5.74) is 11.7. The summed E-state index contributed by atoms with van der Waals surface area (Å²) in [6, 6.07) is 4.14. The Labute approximate surface area is 137 Å². The van der Waals surface area contributed by atoms with Crippen LogP contribution in [0.1, 0.15) is 24.1 Å². The predicted octanol–water partition coefficient (Wildman–Crippen LogP) is 1.89. The van der Waals surface area contributed by atoms with Crippen molar-refractivity contribution in [3.63, 3.8) is 0 Å². The monoisotopic (exact) mass is 335 g/mol. The molecule has 0 aromatic carbocycles. The molecule has 3 rings (SSSR count). The van der Waals surface area contributed by atoms with E-state index >= 15 is 0 Å². The van der Waals surface area contributed by atoms with Crippen molar-refractivity contribution in [2.75, 3.05) is 18.0 Å². The van der Waals surface area contributed by atoms with E-state index in [-0.39, 0.29) is 5.96 Å². The Morgan fingerprint density at radius 3 is 2.77 bits per heavy atom. The number of thiophene rings is 1. The molecule has 116 valence electrons. The highest BCUT2D eigenvalue weighted by Gasteiger charge is 2.25. The lowest BCUT2D eigenvalue weighted by Crippen LogP contribution is -2.32. The molecule has 8 heteroatoms. The first-order valence-corrected chi connectivity index (χ1v) is 8.90. The largest absolute Gasteiger partial charge is 0.369 e. The van der Waals surface area contributed by atoms with Gasteiger partial charge >= 0.3 is 5.13 Å². The zero-order valence-corrected chi connectivity index (χ0v) is 13.8. The lowest BCUT2D eigenvalue weighted by molar-refractivity contribution is -0.344. The minimum absolute atomic E-state index is 0.0364. The van der Waals surface area contributed by atoms with Crippen LogP contribution in [0.15, 0.2) is 27.7 Å². The number of H-pyrrole nitrogens is 1. The topological polar surface area (TPSA) is 94.1 Å². The molecule has 0 saturated carbocycles. The van der Waals surface area contributed by atoms with Gasteiger partial charge in [-0.1, -0.05) is 6.07 Å². The average molecular weight is 335 g/mol. The fourth-order valence-corrected chi connectivity index (χ4v) is 4.27. The third-order valence-electron chi connectivity index (χ3n) is 3.44. The van der Waals surface area contributed by atoms with Crippen LogP contribution in [0.3, 0.4) is 0 Å². The first-order valence-electron chi connectivity index (χ1n) is 7.21. The van der Waals surface area contributed by atoms with Gasteiger partial charge in [0.05, 0.1) is 24.2 Å². The summed E-state index contributed by atoms with van der Waals surface area (Å²) in [6.45, 7) is 2.21. The van der Waals surface area contributed by atoms with Crippen molar-refractivity contribution in [1.29, 1.82) is 0 Å². The summed E-state index contributed by atoms with van der Waals surface area (Å²) in [5.74, 6) is -0.0364. The summed E-state index contributed by atoms with van der Waals surface area (Å²) in [4.78, 5) is 8.17. The second kappa shape index (κ2) is 6.89. The third-order valence-corrected chi connectivity index (χ3v) is 5.41. The molecule has 2 aromatic heterocycles. The zero-order valence-electron chi connectivity index (χ0n) is 12.2. The summed E-state index contributed by atoms with van der Waals surface area (Å²) >= 11 is 3.39. The SMILES string of the molecule is NC(N)=N/N=C/c1sc(N2CCCCC2)[nH+]c1-c1cccs1. The van der Waals surface area contributed by atoms with Crippen molar-refractivity contribution < 1.29 is 4.98 Å². The Hall–Kier alpha value is -1.93. The maximum absolute atomic E-state index is 5.31. The Morgan fingerprint density at radius 2 is 2.09 bits per heavy atom. The van der Waals surface area contributed by atoms with E-state index in [1.54, 1.807) is 28.9 Å². The van der Waals surface area contributed by atoms with Crippen LogP contribution in [0.5, 0.6) is 0 Å². The van der Waals surface area contributed by atoms with Gasteiger partial charge in [0.15, 0.2) is 5.69 Å². The van der Waals surface area contributed by atoms with Crippen molar-refractivity contribution >= 4 is 40.0 Å². The van der Waals surface area contributed by atoms with E-state index in [0.717, 1.165) is 23.7 Å². The van der Waals surface area contributed by atoms with Crippen LogP contribution in [0.25, 0.3) is 10.6 Å². The van der Waals surface area contributed by atoms with E-state index in [1.165, 1.54) is 29.3 Å². The summed E-state index contributed by atoms with van der Waals surface area (Å²) in [5, 5.41) is 10.9. The molecule has 0 radical (unpaired) electrons. The Morgan fingerprint density at radius 1 is 1.27 bits per heavy atom. The second-order valence-electron chi connectivity index (χ2n) is 5.07. The summed E-state index contributed by atoms with van der Waals surface area (Å²) in [7, 11) is 0. The van der Waals surface area contributed by atoms with E-state index < -0.39 is 0 Å². The van der Waals surface area contributed by atoms with E-state index in [9.17, 15) is 0 Å². The van der Waals surface area contributed by atoms with Crippen LogP contribution in [0, 0.1) is 0 Å². The molecule has 0 aliphatic carbocycles. The van der Waals surface area contributed by atoms with Gasteiger partial charge in [-0.3, -0.25) is 4.90 Å². The quantitative estimate of drug-likeness (QED) is 0.507. The van der Waals surface area contributed by atoms with Gasteiger partial charge in [0.2, 0.25) is 5.96 Å². The number of hydrogen-bond donors (Lipinski definition) is 2. The molecule has 0 spiro atoms. The molecule has 6 nitrogen and oxygen atoms in total. The lowest BCUT2D eigenvalue weighted by atomic mass is 10.1. The van der Waals surface area contributed by atoms with Crippen molar-refractivity contribution in [2.24, 2.45) is 21.7 Å². The maximum atomic E-state index is 5.31. The number of aromatic nitrogens is 1. The number of rotatable bonds is 4. The first kappa shape index (κ1) is 15.0. The molecule has 3 heterocycles. The molecule has 0 bridgehead atoms. The van der Waals surface area contributed by atoms with Gasteiger partial charge in [-0.25, -0.2) is 4.98 Å². The number of nitrogens with one attached hydrogen (secondary N) is 1. The van der Waals surface area contributed by atoms with Gasteiger partial charge in [0.25, 0.3) is 0 Å². The van der Waals surface area contributed by atoms with Gasteiger partial charge in [0, 0.05) is 0 Å². The highest BCUT2D eigenvalue weighted by molar-refractivity contribution is 7.18. The van der Waals surface area contributed by atoms with Gasteiger partial charge in [-0.05, 0) is 42.0 Å². The Balaban J connectivity index is 1.93. The fraction of sp³-hybridized carbons (Fsp3) is 0.357. The number of nitrogens with two attached hydrogens (primary N) is 2. The second-order valence-corrected chi connectivity index (χ2v) is 7.04. The third kappa shape index (κ3) is 3.45. The number of hydrogen-bond acceptors (Lipinski definition) is 5. The van der Waals surface area contributed by atoms with Crippen molar-refractivity contribution in [3.8, 4) is 10.6 Å². The summed E-state index contributed by atoms with van der Waals surface area (Å²) < 4.78 is 0. The highest BCUT2D eigenvalue weighted by atomic mass is 32.1. The molecular weight excluding hydrogens is 316 g/mol. The van der Waals surface area contributed by atoms with Crippen LogP contribution in [0.4, 0.5) is 5.13 Å². The van der Waals surface area contributed by atoms with E-state index in [1.807, 2.05) is 6.07 Å². The molecule has 0 unspecified atom stereocenters. The van der Waals surface area contributed by atoms with Crippen molar-refractivity contribution in [1.82, 2.24) is 0 Å². The molecule has 0 atom stereocenters. The van der Waals surface area contributed by atoms with Crippen LogP contribution in [-0.4, -0.2) is 25.3 Å². The first-order chi connectivity index (χ1) is 10.7.